The molecule has 0 amide bonds. The van der Waals surface area contributed by atoms with Crippen LogP contribution in [0.1, 0.15) is 55.2 Å². The highest BCUT2D eigenvalue weighted by Crippen LogP contribution is 2.38. The van der Waals surface area contributed by atoms with Gasteiger partial charge in [-0.25, -0.2) is 4.98 Å². The van der Waals surface area contributed by atoms with Crippen molar-refractivity contribution >= 4 is 5.95 Å². The number of aromatic nitrogens is 5. The molecule has 4 heterocycles. The Hall–Kier alpha value is -2.94. The van der Waals surface area contributed by atoms with Crippen LogP contribution >= 0.6 is 0 Å². The Bertz CT molecular complexity index is 1050. The van der Waals surface area contributed by atoms with Crippen molar-refractivity contribution in [3.63, 3.8) is 0 Å². The fourth-order valence-electron chi connectivity index (χ4n) is 4.71. The number of fused-ring (bicyclic) bond motifs is 1. The van der Waals surface area contributed by atoms with Crippen molar-refractivity contribution in [2.75, 3.05) is 18.5 Å². The van der Waals surface area contributed by atoms with Crippen LogP contribution in [0.3, 0.4) is 0 Å². The maximum absolute atomic E-state index is 13.1. The molecule has 3 atom stereocenters. The quantitative estimate of drug-likeness (QED) is 0.721. The van der Waals surface area contributed by atoms with Gasteiger partial charge in [0.15, 0.2) is 0 Å². The lowest BCUT2D eigenvalue weighted by Crippen LogP contribution is -2.39. The Labute approximate surface area is 188 Å². The minimum Gasteiger partial charge on any atom is -0.468 e. The lowest BCUT2D eigenvalue weighted by atomic mass is 9.85. The first-order valence-corrected chi connectivity index (χ1v) is 11.2. The smallest absolute Gasteiger partial charge is 0.392 e. The van der Waals surface area contributed by atoms with E-state index in [0.29, 0.717) is 31.5 Å². The van der Waals surface area contributed by atoms with Crippen LogP contribution in [0.25, 0.3) is 0 Å². The summed E-state index contributed by atoms with van der Waals surface area (Å²) in [4.78, 5) is 8.64. The fourth-order valence-corrected chi connectivity index (χ4v) is 4.71. The van der Waals surface area contributed by atoms with Gasteiger partial charge < -0.3 is 19.4 Å². The molecule has 1 N–H and O–H groups in total. The van der Waals surface area contributed by atoms with Gasteiger partial charge in [0.05, 0.1) is 25.3 Å². The molecule has 1 saturated carbocycles. The monoisotopic (exact) mass is 463 g/mol. The van der Waals surface area contributed by atoms with Gasteiger partial charge in [-0.05, 0) is 25.7 Å². The number of rotatable bonds is 5. The van der Waals surface area contributed by atoms with Crippen LogP contribution in [0.15, 0.2) is 6.20 Å². The zero-order chi connectivity index (χ0) is 23.0. The van der Waals surface area contributed by atoms with Gasteiger partial charge in [0, 0.05) is 24.9 Å². The molecule has 2 aromatic heterocycles. The predicted octanol–water partition coefficient (Wildman–Crippen LogP) is 2.98. The van der Waals surface area contributed by atoms with Gasteiger partial charge in [-0.15, -0.1) is 10.2 Å². The van der Waals surface area contributed by atoms with Gasteiger partial charge in [-0.2, -0.15) is 23.4 Å². The minimum atomic E-state index is -4.20. The van der Waals surface area contributed by atoms with E-state index < -0.39 is 12.1 Å². The maximum Gasteiger partial charge on any atom is 0.392 e. The van der Waals surface area contributed by atoms with E-state index in [9.17, 15) is 18.4 Å². The maximum atomic E-state index is 13.1. The van der Waals surface area contributed by atoms with E-state index in [1.807, 2.05) is 10.6 Å². The molecular formula is C21H24F3N7O2. The van der Waals surface area contributed by atoms with Crippen LogP contribution in [-0.4, -0.2) is 56.3 Å². The zero-order valence-electron chi connectivity index (χ0n) is 17.9. The van der Waals surface area contributed by atoms with E-state index >= 15 is 0 Å². The molecule has 0 aromatic carbocycles. The van der Waals surface area contributed by atoms with E-state index in [2.05, 4.69) is 25.5 Å². The summed E-state index contributed by atoms with van der Waals surface area (Å²) in [6.45, 7) is 1.23. The summed E-state index contributed by atoms with van der Waals surface area (Å²) in [5.41, 5.74) is 0.265. The van der Waals surface area contributed by atoms with Crippen molar-refractivity contribution in [3.8, 4) is 11.9 Å². The minimum absolute atomic E-state index is 0.0594. The molecule has 1 aliphatic carbocycles. The van der Waals surface area contributed by atoms with Crippen LogP contribution in [0, 0.1) is 17.2 Å². The normalized spacial score (nSPS) is 25.6. The molecule has 176 valence electrons. The third-order valence-electron chi connectivity index (χ3n) is 6.58. The molecule has 5 rings (SSSR count). The summed E-state index contributed by atoms with van der Waals surface area (Å²) < 4.78 is 52.1. The summed E-state index contributed by atoms with van der Waals surface area (Å²) in [6, 6.07) is 2.11. The summed E-state index contributed by atoms with van der Waals surface area (Å²) in [5.74, 6) is 0.561. The van der Waals surface area contributed by atoms with Gasteiger partial charge in [0.2, 0.25) is 11.8 Å². The standard InChI is InChI=1S/C21H24F3N7O2/c22-21(23,24)14-4-5-31-17(7-14)29-30-18(31)12-2-1-3-15(6-12)27-20-26-9-13(8-25)19(28-20)33-16-10-32-11-16/h9,12,14-16H,1-7,10-11H2,(H,26,27,28)/t12-,14+,15+/m0/s1. The van der Waals surface area contributed by atoms with Gasteiger partial charge in [-0.3, -0.25) is 0 Å². The first kappa shape index (κ1) is 21.9. The first-order valence-electron chi connectivity index (χ1n) is 11.2. The van der Waals surface area contributed by atoms with Crippen LogP contribution in [0.2, 0.25) is 0 Å². The summed E-state index contributed by atoms with van der Waals surface area (Å²) >= 11 is 0. The molecule has 0 radical (unpaired) electrons. The van der Waals surface area contributed by atoms with Gasteiger partial charge in [-0.1, -0.05) is 6.42 Å². The van der Waals surface area contributed by atoms with Crippen molar-refractivity contribution < 1.29 is 22.6 Å². The highest BCUT2D eigenvalue weighted by atomic mass is 19.4. The number of hydrogen-bond donors (Lipinski definition) is 1. The number of halogens is 3. The molecule has 0 bridgehead atoms. The van der Waals surface area contributed by atoms with Crippen LogP contribution in [0.5, 0.6) is 5.88 Å². The Morgan fingerprint density at radius 3 is 2.79 bits per heavy atom. The largest absolute Gasteiger partial charge is 0.468 e. The second-order valence-corrected chi connectivity index (χ2v) is 8.86. The first-order chi connectivity index (χ1) is 15.9. The summed E-state index contributed by atoms with van der Waals surface area (Å²) in [6.07, 6.45) is 0.569. The van der Waals surface area contributed by atoms with E-state index in [4.69, 9.17) is 9.47 Å². The predicted molar refractivity (Wildman–Crippen MR) is 108 cm³/mol. The van der Waals surface area contributed by atoms with Crippen molar-refractivity contribution in [1.29, 1.82) is 5.26 Å². The zero-order valence-corrected chi connectivity index (χ0v) is 17.9. The van der Waals surface area contributed by atoms with Crippen molar-refractivity contribution in [2.45, 2.75) is 69.3 Å². The Morgan fingerprint density at radius 2 is 2.06 bits per heavy atom. The van der Waals surface area contributed by atoms with E-state index in [1.165, 1.54) is 6.20 Å². The SMILES string of the molecule is N#Cc1cnc(N[C@@H]2CCC[C@H](c3nnc4n3CC[C@@H](C(F)(F)F)C4)C2)nc1OC1COC1. The Morgan fingerprint density at radius 1 is 1.21 bits per heavy atom. The molecule has 1 saturated heterocycles. The number of nitrogens with zero attached hydrogens (tertiary/aromatic N) is 6. The average molecular weight is 463 g/mol. The van der Waals surface area contributed by atoms with E-state index in [0.717, 1.165) is 31.5 Å². The molecule has 33 heavy (non-hydrogen) atoms. The third kappa shape index (κ3) is 4.59. The molecule has 2 fully saturated rings. The average Bonchev–Trinajstić information content (AvgIpc) is 3.19. The van der Waals surface area contributed by atoms with Crippen molar-refractivity contribution in [1.82, 2.24) is 24.7 Å². The van der Waals surface area contributed by atoms with Gasteiger partial charge in [0.1, 0.15) is 29.4 Å². The van der Waals surface area contributed by atoms with Crippen LogP contribution in [0.4, 0.5) is 19.1 Å². The highest BCUT2D eigenvalue weighted by molar-refractivity contribution is 5.41. The third-order valence-corrected chi connectivity index (χ3v) is 6.58. The molecular weight excluding hydrogens is 439 g/mol. The summed E-state index contributed by atoms with van der Waals surface area (Å²) in [5, 5.41) is 21.0. The lowest BCUT2D eigenvalue weighted by Gasteiger charge is -2.31. The molecule has 12 heteroatoms. The van der Waals surface area contributed by atoms with E-state index in [1.54, 1.807) is 0 Å². The van der Waals surface area contributed by atoms with Crippen LogP contribution < -0.4 is 10.1 Å². The highest BCUT2D eigenvalue weighted by Gasteiger charge is 2.43. The number of nitriles is 1. The number of anilines is 1. The molecule has 3 aliphatic rings. The van der Waals surface area contributed by atoms with Gasteiger partial charge >= 0.3 is 6.18 Å². The number of alkyl halides is 3. The summed E-state index contributed by atoms with van der Waals surface area (Å²) in [7, 11) is 0. The lowest BCUT2D eigenvalue weighted by molar-refractivity contribution is -0.179. The topological polar surface area (TPSA) is 111 Å². The fraction of sp³-hybridized carbons (Fsp3) is 0.667. The number of nitrogens with one attached hydrogen (secondary N) is 1. The second-order valence-electron chi connectivity index (χ2n) is 8.86. The molecule has 0 spiro atoms. The Balaban J connectivity index is 1.26. The number of ether oxygens (including phenoxy) is 2. The molecule has 2 aromatic rings. The Kier molecular flexibility index (Phi) is 5.82. The molecule has 0 unspecified atom stereocenters. The van der Waals surface area contributed by atoms with Crippen molar-refractivity contribution in [2.24, 2.45) is 5.92 Å². The van der Waals surface area contributed by atoms with Crippen LogP contribution in [-0.2, 0) is 17.7 Å². The second kappa shape index (κ2) is 8.78. The van der Waals surface area contributed by atoms with E-state index in [-0.39, 0.29) is 42.3 Å². The van der Waals surface area contributed by atoms with Gasteiger partial charge in [0.25, 0.3) is 0 Å². The number of hydrogen-bond acceptors (Lipinski definition) is 8. The van der Waals surface area contributed by atoms with Crippen molar-refractivity contribution in [3.05, 3.63) is 23.4 Å². The molecule has 9 nitrogen and oxygen atoms in total. The molecule has 2 aliphatic heterocycles.